The first kappa shape index (κ1) is 12.5. The molecular formula is C12H13ClN2O. The Labute approximate surface area is 100 Å². The summed E-state index contributed by atoms with van der Waals surface area (Å²) in [6.45, 7) is 1.96. The molecule has 1 aromatic carbocycles. The van der Waals surface area contributed by atoms with E-state index in [1.807, 2.05) is 13.0 Å². The van der Waals surface area contributed by atoms with Gasteiger partial charge in [0.15, 0.2) is 0 Å². The van der Waals surface area contributed by atoms with Crippen molar-refractivity contribution < 1.29 is 4.79 Å². The molecule has 0 aliphatic rings. The molecule has 0 bridgehead atoms. The fourth-order valence-electron chi connectivity index (χ4n) is 1.34. The molecule has 0 aliphatic heterocycles. The number of hydrogen-bond donors (Lipinski definition) is 1. The molecule has 84 valence electrons. The van der Waals surface area contributed by atoms with Gasteiger partial charge in [0.25, 0.3) is 5.91 Å². The molecule has 0 saturated carbocycles. The van der Waals surface area contributed by atoms with E-state index in [2.05, 4.69) is 5.32 Å². The van der Waals surface area contributed by atoms with Crippen molar-refractivity contribution in [1.29, 1.82) is 5.26 Å². The lowest BCUT2D eigenvalue weighted by atomic mass is 10.1. The van der Waals surface area contributed by atoms with Gasteiger partial charge in [0.2, 0.25) is 0 Å². The first-order chi connectivity index (χ1) is 7.69. The summed E-state index contributed by atoms with van der Waals surface area (Å²) in [5.41, 5.74) is 0.403. The summed E-state index contributed by atoms with van der Waals surface area (Å²) in [4.78, 5) is 11.8. The van der Waals surface area contributed by atoms with Crippen LogP contribution in [0.25, 0.3) is 0 Å². The predicted octanol–water partition coefficient (Wildman–Crippen LogP) is 2.76. The van der Waals surface area contributed by atoms with E-state index in [0.717, 1.165) is 6.42 Å². The normalized spacial score (nSPS) is 11.6. The quantitative estimate of drug-likeness (QED) is 0.874. The van der Waals surface area contributed by atoms with Gasteiger partial charge in [-0.05, 0) is 18.6 Å². The second-order valence-corrected chi connectivity index (χ2v) is 3.83. The molecule has 0 spiro atoms. The monoisotopic (exact) mass is 236 g/mol. The number of rotatable bonds is 4. The molecule has 4 heteroatoms. The van der Waals surface area contributed by atoms with Crippen LogP contribution < -0.4 is 5.32 Å². The number of hydrogen-bond acceptors (Lipinski definition) is 2. The van der Waals surface area contributed by atoms with E-state index < -0.39 is 6.04 Å². The summed E-state index contributed by atoms with van der Waals surface area (Å²) in [5.74, 6) is -0.300. The summed E-state index contributed by atoms with van der Waals surface area (Å²) in [6.07, 6.45) is 1.49. The fourth-order valence-corrected chi connectivity index (χ4v) is 1.56. The minimum Gasteiger partial charge on any atom is -0.336 e. The SMILES string of the molecule is CCCC(C#N)NC(=O)c1ccccc1Cl. The number of nitriles is 1. The number of halogens is 1. The highest BCUT2D eigenvalue weighted by Crippen LogP contribution is 2.14. The van der Waals surface area contributed by atoms with Crippen LogP contribution in [0.15, 0.2) is 24.3 Å². The molecule has 0 fully saturated rings. The van der Waals surface area contributed by atoms with Gasteiger partial charge >= 0.3 is 0 Å². The van der Waals surface area contributed by atoms with Crippen molar-refractivity contribution in [2.24, 2.45) is 0 Å². The summed E-state index contributed by atoms with van der Waals surface area (Å²) < 4.78 is 0. The zero-order valence-corrected chi connectivity index (χ0v) is 9.79. The van der Waals surface area contributed by atoms with Crippen molar-refractivity contribution in [2.45, 2.75) is 25.8 Å². The van der Waals surface area contributed by atoms with E-state index in [1.165, 1.54) is 0 Å². The average molecular weight is 237 g/mol. The summed E-state index contributed by atoms with van der Waals surface area (Å²) in [6, 6.07) is 8.38. The minimum atomic E-state index is -0.450. The number of carbonyl (C=O) groups is 1. The van der Waals surface area contributed by atoms with Gasteiger partial charge in [-0.25, -0.2) is 0 Å². The molecule has 16 heavy (non-hydrogen) atoms. The van der Waals surface area contributed by atoms with Gasteiger partial charge in [-0.1, -0.05) is 37.1 Å². The topological polar surface area (TPSA) is 52.9 Å². The predicted molar refractivity (Wildman–Crippen MR) is 63.2 cm³/mol. The van der Waals surface area contributed by atoms with Crippen molar-refractivity contribution in [3.05, 3.63) is 34.9 Å². The van der Waals surface area contributed by atoms with E-state index in [4.69, 9.17) is 16.9 Å². The van der Waals surface area contributed by atoms with Crippen molar-refractivity contribution in [1.82, 2.24) is 5.32 Å². The standard InChI is InChI=1S/C12H13ClN2O/c1-2-5-9(8-14)15-12(16)10-6-3-4-7-11(10)13/h3-4,6-7,9H,2,5H2,1H3,(H,15,16). The Morgan fingerprint density at radius 2 is 2.25 bits per heavy atom. The number of carbonyl (C=O) groups excluding carboxylic acids is 1. The second-order valence-electron chi connectivity index (χ2n) is 3.42. The first-order valence-corrected chi connectivity index (χ1v) is 5.51. The molecule has 1 aromatic rings. The van der Waals surface area contributed by atoms with Gasteiger partial charge in [0, 0.05) is 0 Å². The highest BCUT2D eigenvalue weighted by atomic mass is 35.5. The third kappa shape index (κ3) is 3.25. The highest BCUT2D eigenvalue weighted by Gasteiger charge is 2.14. The minimum absolute atomic E-state index is 0.300. The second kappa shape index (κ2) is 6.14. The molecule has 0 aliphatic carbocycles. The van der Waals surface area contributed by atoms with Crippen molar-refractivity contribution in [2.75, 3.05) is 0 Å². The smallest absolute Gasteiger partial charge is 0.253 e. The molecule has 0 radical (unpaired) electrons. The Bertz CT molecular complexity index is 412. The van der Waals surface area contributed by atoms with Crippen molar-refractivity contribution in [3.8, 4) is 6.07 Å². The first-order valence-electron chi connectivity index (χ1n) is 5.14. The van der Waals surface area contributed by atoms with Gasteiger partial charge in [-0.15, -0.1) is 0 Å². The van der Waals surface area contributed by atoms with E-state index in [-0.39, 0.29) is 5.91 Å². The number of nitrogens with one attached hydrogen (secondary N) is 1. The van der Waals surface area contributed by atoms with Crippen LogP contribution in [-0.4, -0.2) is 11.9 Å². The third-order valence-corrected chi connectivity index (χ3v) is 2.49. The number of benzene rings is 1. The maximum atomic E-state index is 11.8. The Balaban J connectivity index is 2.73. The van der Waals surface area contributed by atoms with Crippen molar-refractivity contribution in [3.63, 3.8) is 0 Å². The van der Waals surface area contributed by atoms with Gasteiger partial charge in [0.1, 0.15) is 6.04 Å². The van der Waals surface area contributed by atoms with Crippen LogP contribution in [0.2, 0.25) is 5.02 Å². The summed E-state index contributed by atoms with van der Waals surface area (Å²) in [5, 5.41) is 11.9. The van der Waals surface area contributed by atoms with Crippen LogP contribution in [-0.2, 0) is 0 Å². The summed E-state index contributed by atoms with van der Waals surface area (Å²) in [7, 11) is 0. The average Bonchev–Trinajstić information content (AvgIpc) is 2.28. The van der Waals surface area contributed by atoms with Gasteiger partial charge in [0.05, 0.1) is 16.7 Å². The molecule has 0 saturated heterocycles. The Kier molecular flexibility index (Phi) is 4.81. The van der Waals surface area contributed by atoms with Crippen LogP contribution >= 0.6 is 11.6 Å². The lowest BCUT2D eigenvalue weighted by molar-refractivity contribution is 0.0944. The Morgan fingerprint density at radius 1 is 1.56 bits per heavy atom. The van der Waals surface area contributed by atoms with E-state index in [1.54, 1.807) is 24.3 Å². The molecule has 0 heterocycles. The van der Waals surface area contributed by atoms with E-state index in [0.29, 0.717) is 17.0 Å². The number of nitrogens with zero attached hydrogens (tertiary/aromatic N) is 1. The van der Waals surface area contributed by atoms with Crippen LogP contribution in [0, 0.1) is 11.3 Å². The lowest BCUT2D eigenvalue weighted by Gasteiger charge is -2.10. The molecule has 3 nitrogen and oxygen atoms in total. The van der Waals surface area contributed by atoms with Crippen LogP contribution in [0.1, 0.15) is 30.1 Å². The van der Waals surface area contributed by atoms with Gasteiger partial charge in [-0.2, -0.15) is 5.26 Å². The fraction of sp³-hybridized carbons (Fsp3) is 0.333. The summed E-state index contributed by atoms with van der Waals surface area (Å²) >= 11 is 5.88. The molecular weight excluding hydrogens is 224 g/mol. The van der Waals surface area contributed by atoms with E-state index in [9.17, 15) is 4.79 Å². The molecule has 1 unspecified atom stereocenters. The van der Waals surface area contributed by atoms with Crippen molar-refractivity contribution >= 4 is 17.5 Å². The molecule has 1 rings (SSSR count). The molecule has 0 aromatic heterocycles. The Hall–Kier alpha value is -1.53. The van der Waals surface area contributed by atoms with Crippen LogP contribution in [0.4, 0.5) is 0 Å². The molecule has 1 amide bonds. The molecule has 1 N–H and O–H groups in total. The van der Waals surface area contributed by atoms with E-state index >= 15 is 0 Å². The lowest BCUT2D eigenvalue weighted by Crippen LogP contribution is -2.33. The Morgan fingerprint density at radius 3 is 2.81 bits per heavy atom. The third-order valence-electron chi connectivity index (χ3n) is 2.16. The number of amides is 1. The van der Waals surface area contributed by atoms with Gasteiger partial charge < -0.3 is 5.32 Å². The zero-order valence-electron chi connectivity index (χ0n) is 9.03. The largest absolute Gasteiger partial charge is 0.336 e. The van der Waals surface area contributed by atoms with Crippen LogP contribution in [0.3, 0.4) is 0 Å². The highest BCUT2D eigenvalue weighted by molar-refractivity contribution is 6.33. The molecule has 1 atom stereocenters. The maximum Gasteiger partial charge on any atom is 0.253 e. The van der Waals surface area contributed by atoms with Crippen LogP contribution in [0.5, 0.6) is 0 Å². The zero-order chi connectivity index (χ0) is 12.0. The van der Waals surface area contributed by atoms with Gasteiger partial charge in [-0.3, -0.25) is 4.79 Å². The maximum absolute atomic E-state index is 11.8.